The average Bonchev–Trinajstić information content (AvgIpc) is 2.89. The molecule has 0 spiro atoms. The van der Waals surface area contributed by atoms with Gasteiger partial charge in [-0.2, -0.15) is 0 Å². The van der Waals surface area contributed by atoms with Gasteiger partial charge in [0, 0.05) is 39.1 Å². The SMILES string of the molecule is CC(C)CN1CCCC(CNC(=O)N(C)CC2CCCC2O)C1. The Kier molecular flexibility index (Phi) is 7.15. The predicted molar refractivity (Wildman–Crippen MR) is 93.4 cm³/mol. The van der Waals surface area contributed by atoms with E-state index in [1.807, 2.05) is 7.05 Å². The summed E-state index contributed by atoms with van der Waals surface area (Å²) in [5.74, 6) is 1.52. The molecule has 2 aliphatic rings. The number of likely N-dealkylation sites (tertiary alicyclic amines) is 1. The Labute approximate surface area is 141 Å². The third-order valence-corrected chi connectivity index (χ3v) is 5.24. The van der Waals surface area contributed by atoms with Crippen LogP contribution in [0.25, 0.3) is 0 Å². The van der Waals surface area contributed by atoms with Crippen LogP contribution in [0.4, 0.5) is 4.79 Å². The molecule has 5 heteroatoms. The Hall–Kier alpha value is -0.810. The molecule has 2 fully saturated rings. The van der Waals surface area contributed by atoms with Crippen molar-refractivity contribution in [2.45, 2.75) is 52.1 Å². The highest BCUT2D eigenvalue weighted by Gasteiger charge is 2.28. The minimum absolute atomic E-state index is 0.00471. The number of hydrogen-bond acceptors (Lipinski definition) is 3. The van der Waals surface area contributed by atoms with E-state index in [1.54, 1.807) is 4.90 Å². The van der Waals surface area contributed by atoms with Gasteiger partial charge < -0.3 is 20.2 Å². The van der Waals surface area contributed by atoms with Crippen molar-refractivity contribution in [2.75, 3.05) is 39.8 Å². The zero-order chi connectivity index (χ0) is 16.8. The van der Waals surface area contributed by atoms with E-state index in [-0.39, 0.29) is 18.1 Å². The van der Waals surface area contributed by atoms with Crippen LogP contribution in [0.1, 0.15) is 46.0 Å². The molecule has 2 amide bonds. The van der Waals surface area contributed by atoms with Crippen molar-refractivity contribution in [1.82, 2.24) is 15.1 Å². The van der Waals surface area contributed by atoms with Crippen LogP contribution in [-0.2, 0) is 0 Å². The van der Waals surface area contributed by atoms with E-state index in [4.69, 9.17) is 0 Å². The van der Waals surface area contributed by atoms with Crippen molar-refractivity contribution in [3.8, 4) is 0 Å². The summed E-state index contributed by atoms with van der Waals surface area (Å²) in [6.07, 6.45) is 5.21. The van der Waals surface area contributed by atoms with Crippen LogP contribution in [0.3, 0.4) is 0 Å². The molecule has 134 valence electrons. The van der Waals surface area contributed by atoms with Gasteiger partial charge in [-0.15, -0.1) is 0 Å². The summed E-state index contributed by atoms with van der Waals surface area (Å²) < 4.78 is 0. The van der Waals surface area contributed by atoms with Gasteiger partial charge in [0.05, 0.1) is 6.10 Å². The number of urea groups is 1. The quantitative estimate of drug-likeness (QED) is 0.787. The number of amides is 2. The molecule has 2 rings (SSSR count). The summed E-state index contributed by atoms with van der Waals surface area (Å²) in [5, 5.41) is 13.0. The van der Waals surface area contributed by atoms with Crippen LogP contribution < -0.4 is 5.32 Å². The zero-order valence-electron chi connectivity index (χ0n) is 15.1. The molecular formula is C18H35N3O2. The molecule has 0 aromatic heterocycles. The first-order valence-corrected chi connectivity index (χ1v) is 9.35. The molecule has 0 aromatic carbocycles. The van der Waals surface area contributed by atoms with Gasteiger partial charge in [-0.25, -0.2) is 4.79 Å². The normalized spacial score (nSPS) is 29.0. The maximum absolute atomic E-state index is 12.3. The molecule has 5 nitrogen and oxygen atoms in total. The van der Waals surface area contributed by atoms with Crippen LogP contribution in [0.2, 0.25) is 0 Å². The number of carbonyl (C=O) groups excluding carboxylic acids is 1. The molecule has 3 atom stereocenters. The number of hydrogen-bond donors (Lipinski definition) is 2. The number of rotatable bonds is 6. The summed E-state index contributed by atoms with van der Waals surface area (Å²) >= 11 is 0. The van der Waals surface area contributed by atoms with Crippen molar-refractivity contribution in [2.24, 2.45) is 17.8 Å². The van der Waals surface area contributed by atoms with E-state index >= 15 is 0 Å². The first-order valence-electron chi connectivity index (χ1n) is 9.35. The Balaban J connectivity index is 1.68. The van der Waals surface area contributed by atoms with E-state index in [9.17, 15) is 9.90 Å². The van der Waals surface area contributed by atoms with Crippen molar-refractivity contribution in [1.29, 1.82) is 0 Å². The lowest BCUT2D eigenvalue weighted by Crippen LogP contribution is -2.46. The molecule has 1 saturated carbocycles. The minimum atomic E-state index is -0.229. The van der Waals surface area contributed by atoms with E-state index in [2.05, 4.69) is 24.1 Å². The largest absolute Gasteiger partial charge is 0.393 e. The number of carbonyl (C=O) groups is 1. The van der Waals surface area contributed by atoms with Gasteiger partial charge in [0.15, 0.2) is 0 Å². The van der Waals surface area contributed by atoms with Gasteiger partial charge in [-0.05, 0) is 44.1 Å². The van der Waals surface area contributed by atoms with Crippen LogP contribution in [-0.4, -0.2) is 66.8 Å². The maximum atomic E-state index is 12.3. The second-order valence-electron chi connectivity index (χ2n) is 7.99. The van der Waals surface area contributed by atoms with E-state index in [0.717, 1.165) is 38.9 Å². The van der Waals surface area contributed by atoms with Crippen LogP contribution in [0, 0.1) is 17.8 Å². The van der Waals surface area contributed by atoms with Crippen LogP contribution in [0.15, 0.2) is 0 Å². The fourth-order valence-electron chi connectivity index (χ4n) is 4.03. The monoisotopic (exact) mass is 325 g/mol. The van der Waals surface area contributed by atoms with Gasteiger partial charge >= 0.3 is 6.03 Å². The maximum Gasteiger partial charge on any atom is 0.317 e. The van der Waals surface area contributed by atoms with E-state index in [0.29, 0.717) is 18.4 Å². The standard InChI is InChI=1S/C18H35N3O2/c1-14(2)11-21-9-5-6-15(12-21)10-19-18(23)20(3)13-16-7-4-8-17(16)22/h14-17,22H,4-13H2,1-3H3,(H,19,23). The smallest absolute Gasteiger partial charge is 0.317 e. The average molecular weight is 325 g/mol. The number of aliphatic hydroxyl groups excluding tert-OH is 1. The van der Waals surface area contributed by atoms with Crippen molar-refractivity contribution in [3.05, 3.63) is 0 Å². The Bertz CT molecular complexity index is 375. The van der Waals surface area contributed by atoms with Gasteiger partial charge in [0.25, 0.3) is 0 Å². The van der Waals surface area contributed by atoms with Crippen molar-refractivity contribution < 1.29 is 9.90 Å². The molecule has 23 heavy (non-hydrogen) atoms. The fourth-order valence-corrected chi connectivity index (χ4v) is 4.03. The number of aliphatic hydroxyl groups is 1. The molecular weight excluding hydrogens is 290 g/mol. The highest BCUT2D eigenvalue weighted by atomic mass is 16.3. The molecule has 3 unspecified atom stereocenters. The third kappa shape index (κ3) is 5.96. The summed E-state index contributed by atoms with van der Waals surface area (Å²) in [6, 6.07) is 0.00471. The molecule has 0 radical (unpaired) electrons. The number of nitrogens with one attached hydrogen (secondary N) is 1. The zero-order valence-corrected chi connectivity index (χ0v) is 15.1. The molecule has 0 bridgehead atoms. The Morgan fingerprint density at radius 1 is 1.30 bits per heavy atom. The first-order chi connectivity index (χ1) is 11.0. The van der Waals surface area contributed by atoms with Gasteiger partial charge in [0.2, 0.25) is 0 Å². The fraction of sp³-hybridized carbons (Fsp3) is 0.944. The molecule has 0 aromatic rings. The molecule has 1 saturated heterocycles. The van der Waals surface area contributed by atoms with Crippen molar-refractivity contribution >= 4 is 6.03 Å². The highest BCUT2D eigenvalue weighted by Crippen LogP contribution is 2.26. The van der Waals surface area contributed by atoms with Gasteiger partial charge in [0.1, 0.15) is 0 Å². The number of piperidine rings is 1. The minimum Gasteiger partial charge on any atom is -0.393 e. The van der Waals surface area contributed by atoms with E-state index < -0.39 is 0 Å². The van der Waals surface area contributed by atoms with Gasteiger partial charge in [-0.3, -0.25) is 0 Å². The lowest BCUT2D eigenvalue weighted by atomic mass is 9.97. The summed E-state index contributed by atoms with van der Waals surface area (Å²) in [4.78, 5) is 16.5. The predicted octanol–water partition coefficient (Wildman–Crippen LogP) is 2.16. The molecule has 1 heterocycles. The molecule has 2 N–H and O–H groups in total. The van der Waals surface area contributed by atoms with Gasteiger partial charge in [-0.1, -0.05) is 20.3 Å². The summed E-state index contributed by atoms with van der Waals surface area (Å²) in [6.45, 7) is 9.41. The molecule has 1 aliphatic heterocycles. The van der Waals surface area contributed by atoms with E-state index in [1.165, 1.54) is 19.4 Å². The Morgan fingerprint density at radius 3 is 2.74 bits per heavy atom. The first kappa shape index (κ1) is 18.5. The topological polar surface area (TPSA) is 55.8 Å². The van der Waals surface area contributed by atoms with Crippen LogP contribution >= 0.6 is 0 Å². The highest BCUT2D eigenvalue weighted by molar-refractivity contribution is 5.73. The van der Waals surface area contributed by atoms with Crippen LogP contribution in [0.5, 0.6) is 0 Å². The Morgan fingerprint density at radius 2 is 2.09 bits per heavy atom. The second kappa shape index (κ2) is 8.88. The lowest BCUT2D eigenvalue weighted by Gasteiger charge is -2.34. The number of nitrogens with zero attached hydrogens (tertiary/aromatic N) is 2. The molecule has 1 aliphatic carbocycles. The summed E-state index contributed by atoms with van der Waals surface area (Å²) in [7, 11) is 1.84. The summed E-state index contributed by atoms with van der Waals surface area (Å²) in [5.41, 5.74) is 0. The van der Waals surface area contributed by atoms with Crippen molar-refractivity contribution in [3.63, 3.8) is 0 Å². The second-order valence-corrected chi connectivity index (χ2v) is 7.99. The third-order valence-electron chi connectivity index (χ3n) is 5.24. The lowest BCUT2D eigenvalue weighted by molar-refractivity contribution is 0.113.